The number of amides is 1. The van der Waals surface area contributed by atoms with Crippen LogP contribution in [-0.4, -0.2) is 29.1 Å². The fourth-order valence-electron chi connectivity index (χ4n) is 2.25. The Balaban J connectivity index is 2.43. The van der Waals surface area contributed by atoms with Crippen LogP contribution in [0, 0.1) is 10.1 Å². The summed E-state index contributed by atoms with van der Waals surface area (Å²) >= 11 is 5.87. The van der Waals surface area contributed by atoms with Gasteiger partial charge in [-0.2, -0.15) is 0 Å². The molecule has 2 atom stereocenters. The second-order valence-corrected chi connectivity index (χ2v) is 4.90. The molecule has 7 nitrogen and oxygen atoms in total. The zero-order chi connectivity index (χ0) is 14.9. The highest BCUT2D eigenvalue weighted by atomic mass is 35.5. The maximum Gasteiger partial charge on any atom is 0.237 e. The van der Waals surface area contributed by atoms with Crippen molar-refractivity contribution in [3.8, 4) is 11.5 Å². The number of halogens is 1. The number of methoxy groups -OCH3 is 1. The summed E-state index contributed by atoms with van der Waals surface area (Å²) in [5.74, 6) is -0.386. The average Bonchev–Trinajstić information content (AvgIpc) is 2.41. The number of benzene rings is 1. The van der Waals surface area contributed by atoms with E-state index in [0.717, 1.165) is 0 Å². The summed E-state index contributed by atoms with van der Waals surface area (Å²) in [6, 6.07) is 1.11. The first-order chi connectivity index (χ1) is 9.43. The summed E-state index contributed by atoms with van der Waals surface area (Å²) in [5.41, 5.74) is 0.430. The summed E-state index contributed by atoms with van der Waals surface area (Å²) in [5, 5.41) is 23.4. The Labute approximate surface area is 119 Å². The second-order valence-electron chi connectivity index (χ2n) is 4.49. The van der Waals surface area contributed by atoms with Gasteiger partial charge < -0.3 is 15.2 Å². The summed E-state index contributed by atoms with van der Waals surface area (Å²) in [6.45, 7) is 0. The highest BCUT2D eigenvalue weighted by Gasteiger charge is 2.38. The third-order valence-electron chi connectivity index (χ3n) is 3.27. The first-order valence-electron chi connectivity index (χ1n) is 5.93. The van der Waals surface area contributed by atoms with Gasteiger partial charge in [-0.15, -0.1) is 0 Å². The molecule has 1 heterocycles. The molecule has 20 heavy (non-hydrogen) atoms. The van der Waals surface area contributed by atoms with Crippen molar-refractivity contribution >= 4 is 17.5 Å². The van der Waals surface area contributed by atoms with E-state index >= 15 is 0 Å². The minimum Gasteiger partial charge on any atom is -0.503 e. The van der Waals surface area contributed by atoms with Gasteiger partial charge in [-0.05, 0) is 17.7 Å². The Bertz CT molecular complexity index is 563. The van der Waals surface area contributed by atoms with Crippen LogP contribution in [0.2, 0.25) is 5.02 Å². The standard InChI is InChI=1S/C12H13ClN2O5/c1-20-9-5-6(4-7(13)12(9)17)11-8(15(18)19)2-3-10(16)14-11/h4-5,8,11,17H,2-3H2,1H3,(H,14,16)/t8-,11+/m0/s1. The minimum absolute atomic E-state index is 0.0151. The summed E-state index contributed by atoms with van der Waals surface area (Å²) in [6.07, 6.45) is 0.273. The minimum atomic E-state index is -0.932. The largest absolute Gasteiger partial charge is 0.503 e. The third kappa shape index (κ3) is 2.62. The lowest BCUT2D eigenvalue weighted by molar-refractivity contribution is -0.529. The quantitative estimate of drug-likeness (QED) is 0.653. The number of piperidine rings is 1. The Morgan fingerprint density at radius 2 is 2.25 bits per heavy atom. The lowest BCUT2D eigenvalue weighted by Crippen LogP contribution is -2.45. The predicted molar refractivity (Wildman–Crippen MR) is 70.6 cm³/mol. The van der Waals surface area contributed by atoms with Crippen molar-refractivity contribution in [1.82, 2.24) is 5.32 Å². The van der Waals surface area contributed by atoms with E-state index in [0.29, 0.717) is 5.56 Å². The van der Waals surface area contributed by atoms with Crippen LogP contribution in [0.3, 0.4) is 0 Å². The summed E-state index contributed by atoms with van der Waals surface area (Å²) in [4.78, 5) is 22.1. The lowest BCUT2D eigenvalue weighted by Gasteiger charge is -2.27. The zero-order valence-corrected chi connectivity index (χ0v) is 11.4. The molecule has 1 saturated heterocycles. The maximum atomic E-state index is 11.5. The SMILES string of the molecule is COc1cc([C@H]2NC(=O)CC[C@@H]2[N+](=O)[O-])cc(Cl)c1O. The number of nitrogens with one attached hydrogen (secondary N) is 1. The summed E-state index contributed by atoms with van der Waals surface area (Å²) in [7, 11) is 1.35. The number of aromatic hydroxyl groups is 1. The Morgan fingerprint density at radius 1 is 1.55 bits per heavy atom. The van der Waals surface area contributed by atoms with Crippen molar-refractivity contribution in [2.75, 3.05) is 7.11 Å². The highest BCUT2D eigenvalue weighted by molar-refractivity contribution is 6.32. The van der Waals surface area contributed by atoms with Crippen LogP contribution in [0.4, 0.5) is 0 Å². The van der Waals surface area contributed by atoms with E-state index < -0.39 is 17.0 Å². The number of hydrogen-bond donors (Lipinski definition) is 2. The van der Waals surface area contributed by atoms with Crippen LogP contribution in [0.15, 0.2) is 12.1 Å². The van der Waals surface area contributed by atoms with E-state index in [2.05, 4.69) is 5.32 Å². The molecule has 2 N–H and O–H groups in total. The molecule has 0 saturated carbocycles. The van der Waals surface area contributed by atoms with Gasteiger partial charge in [-0.3, -0.25) is 14.9 Å². The molecule has 0 aromatic heterocycles. The van der Waals surface area contributed by atoms with Gasteiger partial charge in [0.15, 0.2) is 11.5 Å². The Morgan fingerprint density at radius 3 is 2.85 bits per heavy atom. The van der Waals surface area contributed by atoms with Crippen LogP contribution in [-0.2, 0) is 4.79 Å². The topological polar surface area (TPSA) is 102 Å². The average molecular weight is 301 g/mol. The number of phenols is 1. The molecule has 0 radical (unpaired) electrons. The number of nitro groups is 1. The third-order valence-corrected chi connectivity index (χ3v) is 3.56. The van der Waals surface area contributed by atoms with Crippen LogP contribution >= 0.6 is 11.6 Å². The molecule has 2 rings (SSSR count). The Kier molecular flexibility index (Phi) is 3.99. The van der Waals surface area contributed by atoms with Gasteiger partial charge >= 0.3 is 0 Å². The van der Waals surface area contributed by atoms with Crippen molar-refractivity contribution in [3.05, 3.63) is 32.8 Å². The van der Waals surface area contributed by atoms with Crippen LogP contribution in [0.5, 0.6) is 11.5 Å². The summed E-state index contributed by atoms with van der Waals surface area (Å²) < 4.78 is 4.96. The van der Waals surface area contributed by atoms with Gasteiger partial charge in [0.2, 0.25) is 11.9 Å². The number of rotatable bonds is 3. The van der Waals surface area contributed by atoms with E-state index in [9.17, 15) is 20.0 Å². The first kappa shape index (κ1) is 14.4. The van der Waals surface area contributed by atoms with Gasteiger partial charge in [0.25, 0.3) is 0 Å². The van der Waals surface area contributed by atoms with E-state index in [1.165, 1.54) is 19.2 Å². The number of phenolic OH excluding ortho intramolecular Hbond substituents is 1. The number of carbonyl (C=O) groups is 1. The zero-order valence-electron chi connectivity index (χ0n) is 10.6. The van der Waals surface area contributed by atoms with E-state index in [-0.39, 0.29) is 35.3 Å². The molecule has 1 amide bonds. The van der Waals surface area contributed by atoms with Crippen molar-refractivity contribution in [2.45, 2.75) is 24.9 Å². The lowest BCUT2D eigenvalue weighted by atomic mass is 9.92. The second kappa shape index (κ2) is 5.54. The number of nitrogens with zero attached hydrogens (tertiary/aromatic N) is 1. The maximum absolute atomic E-state index is 11.5. The van der Waals surface area contributed by atoms with Crippen molar-refractivity contribution in [1.29, 1.82) is 0 Å². The number of ether oxygens (including phenoxy) is 1. The molecule has 0 spiro atoms. The molecule has 0 unspecified atom stereocenters. The fraction of sp³-hybridized carbons (Fsp3) is 0.417. The molecule has 1 aliphatic rings. The molecule has 8 heteroatoms. The van der Waals surface area contributed by atoms with Gasteiger partial charge in [-0.25, -0.2) is 0 Å². The normalized spacial score (nSPS) is 22.2. The molecule has 0 aliphatic carbocycles. The first-order valence-corrected chi connectivity index (χ1v) is 6.31. The molecular formula is C12H13ClN2O5. The molecule has 1 aromatic carbocycles. The molecular weight excluding hydrogens is 288 g/mol. The number of hydrogen-bond acceptors (Lipinski definition) is 5. The van der Waals surface area contributed by atoms with Gasteiger partial charge in [0, 0.05) is 17.8 Å². The van der Waals surface area contributed by atoms with Crippen molar-refractivity contribution < 1.29 is 19.6 Å². The van der Waals surface area contributed by atoms with Gasteiger partial charge in [-0.1, -0.05) is 11.6 Å². The van der Waals surface area contributed by atoms with Gasteiger partial charge in [0.1, 0.15) is 6.04 Å². The van der Waals surface area contributed by atoms with E-state index in [1.54, 1.807) is 0 Å². The van der Waals surface area contributed by atoms with E-state index in [1.807, 2.05) is 0 Å². The van der Waals surface area contributed by atoms with Crippen LogP contribution in [0.25, 0.3) is 0 Å². The predicted octanol–water partition coefficient (Wildman–Crippen LogP) is 1.65. The molecule has 1 aliphatic heterocycles. The fourth-order valence-corrected chi connectivity index (χ4v) is 2.47. The molecule has 1 aromatic rings. The Hall–Kier alpha value is -2.02. The van der Waals surface area contributed by atoms with Gasteiger partial charge in [0.05, 0.1) is 12.1 Å². The van der Waals surface area contributed by atoms with Crippen molar-refractivity contribution in [2.24, 2.45) is 0 Å². The molecule has 0 bridgehead atoms. The van der Waals surface area contributed by atoms with E-state index in [4.69, 9.17) is 16.3 Å². The van der Waals surface area contributed by atoms with Crippen molar-refractivity contribution in [3.63, 3.8) is 0 Å². The van der Waals surface area contributed by atoms with Crippen LogP contribution < -0.4 is 10.1 Å². The molecule has 108 valence electrons. The molecule has 1 fully saturated rings. The van der Waals surface area contributed by atoms with Crippen LogP contribution in [0.1, 0.15) is 24.4 Å². The highest BCUT2D eigenvalue weighted by Crippen LogP contribution is 2.38. The smallest absolute Gasteiger partial charge is 0.237 e. The monoisotopic (exact) mass is 300 g/mol. The number of carbonyl (C=O) groups excluding carboxylic acids is 1.